The molecule has 100 valence electrons. The maximum Gasteiger partial charge on any atom is 0.119 e. The molecule has 1 aliphatic heterocycles. The zero-order valence-electron chi connectivity index (χ0n) is 11.5. The Hall–Kier alpha value is -1.06. The van der Waals surface area contributed by atoms with Crippen molar-refractivity contribution < 1.29 is 4.74 Å². The molecule has 1 aliphatic rings. The summed E-state index contributed by atoms with van der Waals surface area (Å²) in [6, 6.07) is 8.67. The van der Waals surface area contributed by atoms with Crippen molar-refractivity contribution in [1.29, 1.82) is 0 Å². The Kier molecular flexibility index (Phi) is 5.02. The van der Waals surface area contributed by atoms with Crippen LogP contribution in [0, 0.1) is 0 Å². The summed E-state index contributed by atoms with van der Waals surface area (Å²) < 4.78 is 5.25. The van der Waals surface area contributed by atoms with Gasteiger partial charge < -0.3 is 15.0 Å². The largest absolute Gasteiger partial charge is 0.497 e. The van der Waals surface area contributed by atoms with Crippen LogP contribution in [0.3, 0.4) is 0 Å². The molecule has 0 radical (unpaired) electrons. The second kappa shape index (κ2) is 6.76. The molecule has 1 fully saturated rings. The van der Waals surface area contributed by atoms with Crippen LogP contribution in [0.25, 0.3) is 0 Å². The van der Waals surface area contributed by atoms with Crippen molar-refractivity contribution in [2.24, 2.45) is 0 Å². The van der Waals surface area contributed by atoms with Gasteiger partial charge in [-0.3, -0.25) is 0 Å². The number of ether oxygens (including phenoxy) is 1. The van der Waals surface area contributed by atoms with E-state index in [1.807, 2.05) is 12.1 Å². The minimum atomic E-state index is 0.378. The average molecular weight is 248 g/mol. The Labute approximate surface area is 110 Å². The van der Waals surface area contributed by atoms with Gasteiger partial charge in [-0.05, 0) is 50.6 Å². The van der Waals surface area contributed by atoms with E-state index in [4.69, 9.17) is 4.74 Å². The summed E-state index contributed by atoms with van der Waals surface area (Å²) in [7, 11) is 1.71. The van der Waals surface area contributed by atoms with Gasteiger partial charge in [-0.2, -0.15) is 0 Å². The summed E-state index contributed by atoms with van der Waals surface area (Å²) in [6.07, 6.45) is 2.73. The Morgan fingerprint density at radius 3 is 2.83 bits per heavy atom. The second-order valence-corrected chi connectivity index (χ2v) is 5.00. The van der Waals surface area contributed by atoms with E-state index in [9.17, 15) is 0 Å². The number of benzene rings is 1. The molecule has 1 N–H and O–H groups in total. The highest BCUT2D eigenvalue weighted by Crippen LogP contribution is 2.18. The molecule has 1 aromatic carbocycles. The quantitative estimate of drug-likeness (QED) is 0.837. The molecule has 0 bridgehead atoms. The van der Waals surface area contributed by atoms with Crippen LogP contribution >= 0.6 is 0 Å². The lowest BCUT2D eigenvalue weighted by Gasteiger charge is -2.19. The normalized spacial score (nSPS) is 17.9. The van der Waals surface area contributed by atoms with Gasteiger partial charge in [0.2, 0.25) is 0 Å². The van der Waals surface area contributed by atoms with Gasteiger partial charge in [0.1, 0.15) is 5.75 Å². The lowest BCUT2D eigenvalue weighted by atomic mass is 10.1. The predicted molar refractivity (Wildman–Crippen MR) is 75.1 cm³/mol. The predicted octanol–water partition coefficient (Wildman–Crippen LogP) is 2.44. The van der Waals surface area contributed by atoms with Crippen LogP contribution in [0.15, 0.2) is 24.3 Å². The highest BCUT2D eigenvalue weighted by molar-refractivity contribution is 5.30. The number of nitrogens with one attached hydrogen (secondary N) is 1. The molecule has 0 amide bonds. The van der Waals surface area contributed by atoms with E-state index in [1.54, 1.807) is 7.11 Å². The first-order chi connectivity index (χ1) is 8.79. The zero-order valence-corrected chi connectivity index (χ0v) is 11.5. The van der Waals surface area contributed by atoms with E-state index in [2.05, 4.69) is 29.3 Å². The Balaban J connectivity index is 1.77. The van der Waals surface area contributed by atoms with Gasteiger partial charge in [-0.1, -0.05) is 12.1 Å². The van der Waals surface area contributed by atoms with Gasteiger partial charge in [0.25, 0.3) is 0 Å². The number of methoxy groups -OCH3 is 1. The first-order valence-electron chi connectivity index (χ1n) is 6.89. The van der Waals surface area contributed by atoms with Crippen LogP contribution in [0.1, 0.15) is 31.4 Å². The average Bonchev–Trinajstić information content (AvgIpc) is 2.92. The van der Waals surface area contributed by atoms with Crippen molar-refractivity contribution >= 4 is 0 Å². The van der Waals surface area contributed by atoms with Gasteiger partial charge in [-0.25, -0.2) is 0 Å². The minimum absolute atomic E-state index is 0.378. The number of likely N-dealkylation sites (tertiary alicyclic amines) is 1. The van der Waals surface area contributed by atoms with E-state index >= 15 is 0 Å². The summed E-state index contributed by atoms with van der Waals surface area (Å²) in [5.41, 5.74) is 1.29. The molecule has 1 saturated heterocycles. The zero-order chi connectivity index (χ0) is 12.8. The van der Waals surface area contributed by atoms with E-state index in [0.717, 1.165) is 18.8 Å². The van der Waals surface area contributed by atoms with E-state index in [1.165, 1.54) is 31.5 Å². The number of rotatable bonds is 6. The molecule has 2 rings (SSSR count). The third kappa shape index (κ3) is 3.72. The maximum atomic E-state index is 5.25. The van der Waals surface area contributed by atoms with Gasteiger partial charge in [-0.15, -0.1) is 0 Å². The van der Waals surface area contributed by atoms with E-state index in [0.29, 0.717) is 6.04 Å². The molecule has 0 aliphatic carbocycles. The third-order valence-electron chi connectivity index (χ3n) is 3.67. The summed E-state index contributed by atoms with van der Waals surface area (Å²) in [4.78, 5) is 2.53. The van der Waals surface area contributed by atoms with Crippen LogP contribution in [0.2, 0.25) is 0 Å². The monoisotopic (exact) mass is 248 g/mol. The summed E-state index contributed by atoms with van der Waals surface area (Å²) in [5, 5.41) is 3.58. The van der Waals surface area contributed by atoms with Gasteiger partial charge in [0.15, 0.2) is 0 Å². The van der Waals surface area contributed by atoms with Crippen molar-refractivity contribution in [3.63, 3.8) is 0 Å². The third-order valence-corrected chi connectivity index (χ3v) is 3.67. The molecule has 3 heteroatoms. The molecule has 0 saturated carbocycles. The fourth-order valence-corrected chi connectivity index (χ4v) is 2.47. The van der Waals surface area contributed by atoms with Crippen LogP contribution < -0.4 is 10.1 Å². The lowest BCUT2D eigenvalue weighted by molar-refractivity contribution is 0.329. The Bertz CT molecular complexity index is 361. The molecule has 18 heavy (non-hydrogen) atoms. The second-order valence-electron chi connectivity index (χ2n) is 5.00. The summed E-state index contributed by atoms with van der Waals surface area (Å²) in [6.45, 7) is 6.97. The number of nitrogens with zero attached hydrogens (tertiary/aromatic N) is 1. The fraction of sp³-hybridized carbons (Fsp3) is 0.600. The smallest absolute Gasteiger partial charge is 0.119 e. The van der Waals surface area contributed by atoms with Gasteiger partial charge >= 0.3 is 0 Å². The Morgan fingerprint density at radius 1 is 1.33 bits per heavy atom. The lowest BCUT2D eigenvalue weighted by Crippen LogP contribution is -2.31. The van der Waals surface area contributed by atoms with Crippen LogP contribution in [-0.2, 0) is 0 Å². The first-order valence-corrected chi connectivity index (χ1v) is 6.89. The van der Waals surface area contributed by atoms with E-state index in [-0.39, 0.29) is 0 Å². The number of hydrogen-bond donors (Lipinski definition) is 1. The highest BCUT2D eigenvalue weighted by atomic mass is 16.5. The molecule has 1 aromatic rings. The van der Waals surface area contributed by atoms with Crippen molar-refractivity contribution in [3.05, 3.63) is 29.8 Å². The summed E-state index contributed by atoms with van der Waals surface area (Å²) >= 11 is 0. The highest BCUT2D eigenvalue weighted by Gasteiger charge is 2.11. The molecule has 0 unspecified atom stereocenters. The minimum Gasteiger partial charge on any atom is -0.497 e. The van der Waals surface area contributed by atoms with Crippen molar-refractivity contribution in [2.75, 3.05) is 33.3 Å². The molecule has 0 spiro atoms. The molecule has 0 aromatic heterocycles. The molecule has 1 atom stereocenters. The maximum absolute atomic E-state index is 5.25. The fourth-order valence-electron chi connectivity index (χ4n) is 2.47. The molecular weight excluding hydrogens is 224 g/mol. The van der Waals surface area contributed by atoms with Crippen LogP contribution in [-0.4, -0.2) is 38.2 Å². The van der Waals surface area contributed by atoms with Crippen molar-refractivity contribution in [2.45, 2.75) is 25.8 Å². The topological polar surface area (TPSA) is 24.5 Å². The SMILES string of the molecule is COc1cccc([C@@H](C)NCCN2CCCC2)c1. The standard InChI is InChI=1S/C15H24N2O/c1-13(14-6-5-7-15(12-14)18-2)16-8-11-17-9-3-4-10-17/h5-7,12-13,16H,3-4,8-11H2,1-2H3/t13-/m1/s1. The van der Waals surface area contributed by atoms with Crippen molar-refractivity contribution in [1.82, 2.24) is 10.2 Å². The Morgan fingerprint density at radius 2 is 2.11 bits per heavy atom. The summed E-state index contributed by atoms with van der Waals surface area (Å²) in [5.74, 6) is 0.931. The molecular formula is C15H24N2O. The van der Waals surface area contributed by atoms with Gasteiger partial charge in [0.05, 0.1) is 7.11 Å². The first kappa shape index (κ1) is 13.4. The molecule has 3 nitrogen and oxygen atoms in total. The van der Waals surface area contributed by atoms with E-state index < -0.39 is 0 Å². The number of hydrogen-bond acceptors (Lipinski definition) is 3. The van der Waals surface area contributed by atoms with Gasteiger partial charge in [0, 0.05) is 19.1 Å². The van der Waals surface area contributed by atoms with Crippen LogP contribution in [0.5, 0.6) is 5.75 Å². The van der Waals surface area contributed by atoms with Crippen LogP contribution in [0.4, 0.5) is 0 Å². The van der Waals surface area contributed by atoms with Crippen molar-refractivity contribution in [3.8, 4) is 5.75 Å². The molecule has 1 heterocycles.